The number of fused-ring (bicyclic) bond motifs is 2. The molecule has 0 spiro atoms. The van der Waals surface area contributed by atoms with Crippen molar-refractivity contribution in [3.63, 3.8) is 0 Å². The van der Waals surface area contributed by atoms with Crippen LogP contribution in [0.3, 0.4) is 0 Å². The van der Waals surface area contributed by atoms with Crippen LogP contribution in [0.25, 0.3) is 11.0 Å². The molecule has 1 amide bonds. The molecule has 0 saturated carbocycles. The molecule has 8 nitrogen and oxygen atoms in total. The van der Waals surface area contributed by atoms with Gasteiger partial charge in [-0.25, -0.2) is 9.37 Å². The van der Waals surface area contributed by atoms with E-state index in [1.54, 1.807) is 25.4 Å². The van der Waals surface area contributed by atoms with Gasteiger partial charge >= 0.3 is 0 Å². The van der Waals surface area contributed by atoms with Crippen molar-refractivity contribution in [2.45, 2.75) is 45.1 Å². The minimum Gasteiger partial charge on any atom is -0.453 e. The van der Waals surface area contributed by atoms with Crippen LogP contribution in [0.5, 0.6) is 11.5 Å². The van der Waals surface area contributed by atoms with Gasteiger partial charge in [0.05, 0.1) is 17.5 Å². The molecular weight excluding hydrogens is 449 g/mol. The molecule has 2 aliphatic rings. The number of piperazine rings is 1. The van der Waals surface area contributed by atoms with Crippen LogP contribution < -0.4 is 10.1 Å². The van der Waals surface area contributed by atoms with E-state index < -0.39 is 5.82 Å². The molecule has 2 aromatic heterocycles. The zero-order valence-electron chi connectivity index (χ0n) is 20.6. The highest BCUT2D eigenvalue weighted by Crippen LogP contribution is 2.35. The van der Waals surface area contributed by atoms with Crippen molar-refractivity contribution in [3.05, 3.63) is 53.6 Å². The van der Waals surface area contributed by atoms with Crippen molar-refractivity contribution < 1.29 is 18.7 Å². The van der Waals surface area contributed by atoms with Crippen molar-refractivity contribution in [1.29, 1.82) is 0 Å². The van der Waals surface area contributed by atoms with Crippen LogP contribution in [0.15, 0.2) is 36.7 Å². The molecule has 9 heteroatoms. The third-order valence-electron chi connectivity index (χ3n) is 7.20. The molecule has 3 aromatic rings. The van der Waals surface area contributed by atoms with Crippen LogP contribution in [0.1, 0.15) is 18.1 Å². The van der Waals surface area contributed by atoms with Gasteiger partial charge in [-0.15, -0.1) is 0 Å². The molecule has 2 saturated heterocycles. The maximum Gasteiger partial charge on any atom is 0.240 e. The van der Waals surface area contributed by atoms with Crippen molar-refractivity contribution >= 4 is 16.9 Å². The second-order valence-electron chi connectivity index (χ2n) is 9.39. The van der Waals surface area contributed by atoms with Crippen molar-refractivity contribution in [2.75, 3.05) is 33.8 Å². The molecule has 4 heterocycles. The first-order valence-corrected chi connectivity index (χ1v) is 12.1. The molecule has 2 fully saturated rings. The summed E-state index contributed by atoms with van der Waals surface area (Å²) in [6, 6.07) is 7.06. The summed E-state index contributed by atoms with van der Waals surface area (Å²) >= 11 is 0. The number of hydrogen-bond donors (Lipinski definition) is 1. The molecule has 1 aromatic carbocycles. The number of pyridine rings is 1. The number of nitrogens with zero attached hydrogens (tertiary/aromatic N) is 4. The highest BCUT2D eigenvalue weighted by Gasteiger charge is 2.52. The van der Waals surface area contributed by atoms with Gasteiger partial charge in [0, 0.05) is 38.1 Å². The van der Waals surface area contributed by atoms with E-state index in [1.165, 1.54) is 6.07 Å². The summed E-state index contributed by atoms with van der Waals surface area (Å²) in [5.74, 6) is 0.281. The Balaban J connectivity index is 1.30. The summed E-state index contributed by atoms with van der Waals surface area (Å²) in [6.07, 6.45) is 4.01. The van der Waals surface area contributed by atoms with Crippen LogP contribution in [-0.2, 0) is 22.7 Å². The summed E-state index contributed by atoms with van der Waals surface area (Å²) in [5.41, 5.74) is 2.44. The van der Waals surface area contributed by atoms with E-state index >= 15 is 4.39 Å². The SMILES string of the molecule is CCOCn1cc(C)c2c(Oc3ccc(C[C@H](NC)C(=O)N4CC5[C@H]4CN5C)cc3F)ccnc21. The molecule has 0 aliphatic carbocycles. The number of aromatic nitrogens is 2. The van der Waals surface area contributed by atoms with E-state index in [2.05, 4.69) is 22.2 Å². The third kappa shape index (κ3) is 4.28. The van der Waals surface area contributed by atoms with Gasteiger partial charge in [-0.2, -0.15) is 0 Å². The molecular formula is C26H32FN5O3. The average molecular weight is 482 g/mol. The molecule has 1 unspecified atom stereocenters. The van der Waals surface area contributed by atoms with Crippen molar-refractivity contribution in [2.24, 2.45) is 0 Å². The predicted octanol–water partition coefficient (Wildman–Crippen LogP) is 2.93. The normalized spacial score (nSPS) is 20.3. The maximum atomic E-state index is 15.1. The number of hydrogen-bond acceptors (Lipinski definition) is 6. The van der Waals surface area contributed by atoms with Crippen LogP contribution in [0.4, 0.5) is 4.39 Å². The molecule has 1 N–H and O–H groups in total. The lowest BCUT2D eigenvalue weighted by molar-refractivity contribution is -0.163. The van der Waals surface area contributed by atoms with E-state index in [4.69, 9.17) is 9.47 Å². The predicted molar refractivity (Wildman–Crippen MR) is 131 cm³/mol. The molecule has 0 radical (unpaired) electrons. The van der Waals surface area contributed by atoms with Gasteiger partial charge in [-0.3, -0.25) is 9.69 Å². The number of likely N-dealkylation sites (N-methyl/N-ethyl adjacent to an activating group) is 2. The fourth-order valence-electron chi connectivity index (χ4n) is 5.10. The number of halogens is 1. The van der Waals surface area contributed by atoms with E-state index in [9.17, 15) is 4.79 Å². The second kappa shape index (κ2) is 9.56. The first-order valence-electron chi connectivity index (χ1n) is 12.1. The number of amides is 1. The largest absolute Gasteiger partial charge is 0.453 e. The Morgan fingerprint density at radius 3 is 2.74 bits per heavy atom. The first kappa shape index (κ1) is 23.7. The van der Waals surface area contributed by atoms with Gasteiger partial charge in [0.2, 0.25) is 5.91 Å². The van der Waals surface area contributed by atoms with Crippen LogP contribution in [-0.4, -0.2) is 77.2 Å². The lowest BCUT2D eigenvalue weighted by Gasteiger charge is -2.61. The van der Waals surface area contributed by atoms with Gasteiger partial charge in [0.15, 0.2) is 11.6 Å². The van der Waals surface area contributed by atoms with Crippen LogP contribution >= 0.6 is 0 Å². The Hall–Kier alpha value is -3.01. The highest BCUT2D eigenvalue weighted by molar-refractivity contribution is 5.87. The minimum absolute atomic E-state index is 0.0776. The Labute approximate surface area is 204 Å². The number of aryl methyl sites for hydroxylation is 1. The number of carbonyl (C=O) groups is 1. The molecule has 35 heavy (non-hydrogen) atoms. The van der Waals surface area contributed by atoms with Gasteiger partial charge in [0.1, 0.15) is 18.1 Å². The quantitative estimate of drug-likeness (QED) is 0.507. The number of nitrogens with one attached hydrogen (secondary N) is 1. The standard InChI is InChI=1S/C26H32FN5O3/c1-5-34-15-31-12-16(2)24-23(8-9-29-25(24)31)35-22-7-6-17(10-18(22)27)11-19(28-3)26(33)32-14-20-21(32)13-30(20)4/h6-10,12,19-21,28H,5,11,13-15H2,1-4H3/t19-,20?,21+/m0/s1. The van der Waals surface area contributed by atoms with Crippen molar-refractivity contribution in [3.8, 4) is 11.5 Å². The van der Waals surface area contributed by atoms with E-state index in [-0.39, 0.29) is 17.7 Å². The van der Waals surface area contributed by atoms with Crippen LogP contribution in [0, 0.1) is 12.7 Å². The number of ether oxygens (including phenoxy) is 2. The fraction of sp³-hybridized carbons (Fsp3) is 0.462. The zero-order chi connectivity index (χ0) is 24.7. The minimum atomic E-state index is -0.467. The topological polar surface area (TPSA) is 71.9 Å². The Morgan fingerprint density at radius 2 is 2.09 bits per heavy atom. The number of carbonyl (C=O) groups excluding carboxylic acids is 1. The Kier molecular flexibility index (Phi) is 6.48. The summed E-state index contributed by atoms with van der Waals surface area (Å²) in [4.78, 5) is 21.7. The molecule has 5 rings (SSSR count). The molecule has 2 aliphatic heterocycles. The molecule has 0 bridgehead atoms. The van der Waals surface area contributed by atoms with E-state index in [0.717, 1.165) is 35.2 Å². The summed E-state index contributed by atoms with van der Waals surface area (Å²) < 4.78 is 28.5. The fourth-order valence-corrected chi connectivity index (χ4v) is 5.10. The summed E-state index contributed by atoms with van der Waals surface area (Å²) in [6.45, 7) is 6.59. The smallest absolute Gasteiger partial charge is 0.240 e. The zero-order valence-corrected chi connectivity index (χ0v) is 20.6. The van der Waals surface area contributed by atoms with Gasteiger partial charge in [-0.05, 0) is 63.7 Å². The third-order valence-corrected chi connectivity index (χ3v) is 7.20. The number of rotatable bonds is 9. The lowest BCUT2D eigenvalue weighted by atomic mass is 9.85. The summed E-state index contributed by atoms with van der Waals surface area (Å²) in [5, 5.41) is 3.93. The van der Waals surface area contributed by atoms with Crippen LogP contribution in [0.2, 0.25) is 0 Å². The Bertz CT molecular complexity index is 1250. The monoisotopic (exact) mass is 481 g/mol. The number of benzene rings is 1. The maximum absolute atomic E-state index is 15.1. The molecule has 3 atom stereocenters. The second-order valence-corrected chi connectivity index (χ2v) is 9.39. The molecule has 186 valence electrons. The van der Waals surface area contributed by atoms with Crippen molar-refractivity contribution in [1.82, 2.24) is 24.7 Å². The van der Waals surface area contributed by atoms with Gasteiger partial charge < -0.3 is 24.3 Å². The highest BCUT2D eigenvalue weighted by atomic mass is 19.1. The average Bonchev–Trinajstić information content (AvgIpc) is 3.17. The van der Waals surface area contributed by atoms with Gasteiger partial charge in [0.25, 0.3) is 0 Å². The Morgan fingerprint density at radius 1 is 1.26 bits per heavy atom. The van der Waals surface area contributed by atoms with E-state index in [1.807, 2.05) is 35.6 Å². The number of likely N-dealkylation sites (tertiary alicyclic amines) is 2. The van der Waals surface area contributed by atoms with E-state index in [0.29, 0.717) is 37.6 Å². The van der Waals surface area contributed by atoms with Gasteiger partial charge in [-0.1, -0.05) is 6.07 Å². The lowest BCUT2D eigenvalue weighted by Crippen LogP contribution is -2.79. The summed E-state index contributed by atoms with van der Waals surface area (Å²) in [7, 11) is 3.86. The first-order chi connectivity index (χ1) is 16.9.